The molecule has 1 aromatic carbocycles. The highest BCUT2D eigenvalue weighted by Gasteiger charge is 2.29. The lowest BCUT2D eigenvalue weighted by Gasteiger charge is -2.05. The van der Waals surface area contributed by atoms with Crippen LogP contribution in [0.2, 0.25) is 0 Å². The van der Waals surface area contributed by atoms with Crippen molar-refractivity contribution in [2.45, 2.75) is 12.6 Å². The van der Waals surface area contributed by atoms with Crippen LogP contribution in [0.5, 0.6) is 0 Å². The molecule has 0 amide bonds. The molecule has 7 heteroatoms. The summed E-state index contributed by atoms with van der Waals surface area (Å²) in [5.74, 6) is 0. The molecule has 0 bridgehead atoms. The van der Waals surface area contributed by atoms with Crippen molar-refractivity contribution in [1.29, 1.82) is 0 Å². The van der Waals surface area contributed by atoms with E-state index in [1.165, 1.54) is 6.07 Å². The molecule has 0 atom stereocenters. The Morgan fingerprint density at radius 2 is 1.90 bits per heavy atom. The van der Waals surface area contributed by atoms with Gasteiger partial charge >= 0.3 is 6.18 Å². The Labute approximate surface area is 116 Å². The van der Waals surface area contributed by atoms with Gasteiger partial charge in [0.1, 0.15) is 0 Å². The van der Waals surface area contributed by atoms with Crippen molar-refractivity contribution in [3.05, 3.63) is 58.5 Å². The Morgan fingerprint density at radius 3 is 2.57 bits per heavy atom. The van der Waals surface area contributed by atoms with Crippen molar-refractivity contribution >= 4 is 5.65 Å². The van der Waals surface area contributed by atoms with E-state index >= 15 is 0 Å². The summed E-state index contributed by atoms with van der Waals surface area (Å²) < 4.78 is 38.6. The highest BCUT2D eigenvalue weighted by atomic mass is 19.4. The fourth-order valence-electron chi connectivity index (χ4n) is 2.13. The van der Waals surface area contributed by atoms with Gasteiger partial charge in [0.05, 0.1) is 12.1 Å². The molecule has 0 saturated heterocycles. The van der Waals surface area contributed by atoms with Gasteiger partial charge in [0.15, 0.2) is 5.65 Å². The number of hydrogen-bond acceptors (Lipinski definition) is 2. The molecule has 2 heterocycles. The first-order chi connectivity index (χ1) is 9.94. The van der Waals surface area contributed by atoms with Crippen LogP contribution in [-0.2, 0) is 6.42 Å². The normalized spacial score (nSPS) is 12.0. The summed E-state index contributed by atoms with van der Waals surface area (Å²) in [4.78, 5) is 16.1. The minimum Gasteiger partial charge on any atom is -0.297 e. The molecule has 0 aliphatic heterocycles. The van der Waals surface area contributed by atoms with Gasteiger partial charge in [-0.05, 0) is 0 Å². The van der Waals surface area contributed by atoms with Crippen molar-refractivity contribution in [2.24, 2.45) is 0 Å². The van der Waals surface area contributed by atoms with Crippen LogP contribution in [0, 0.1) is 0 Å². The molecule has 0 fully saturated rings. The third-order valence-electron chi connectivity index (χ3n) is 3.03. The summed E-state index contributed by atoms with van der Waals surface area (Å²) in [5, 5.41) is 2.50. The van der Waals surface area contributed by atoms with Crippen LogP contribution in [0.15, 0.2) is 47.4 Å². The topological polar surface area (TPSA) is 50.2 Å². The summed E-state index contributed by atoms with van der Waals surface area (Å²) >= 11 is 0. The second kappa shape index (κ2) is 4.76. The van der Waals surface area contributed by atoms with Crippen LogP contribution in [0.25, 0.3) is 16.9 Å². The van der Waals surface area contributed by atoms with Crippen molar-refractivity contribution in [1.82, 2.24) is 14.6 Å². The molecule has 0 aliphatic rings. The third-order valence-corrected chi connectivity index (χ3v) is 3.03. The van der Waals surface area contributed by atoms with Gasteiger partial charge in [-0.25, -0.2) is 9.50 Å². The Bertz CT molecular complexity index is 834. The maximum absolute atomic E-state index is 12.5. The standard InChI is InChI=1S/C14H10F3N3O/c15-14(16,17)7-10-8-18-20-12(21)6-11(19-13(10)20)9-4-2-1-3-5-9/h1-6,8,18H,7H2. The second-order valence-electron chi connectivity index (χ2n) is 4.60. The Morgan fingerprint density at radius 1 is 1.19 bits per heavy atom. The van der Waals surface area contributed by atoms with Gasteiger partial charge in [0.25, 0.3) is 5.56 Å². The lowest BCUT2D eigenvalue weighted by molar-refractivity contribution is -0.127. The van der Waals surface area contributed by atoms with E-state index in [2.05, 4.69) is 10.1 Å². The highest BCUT2D eigenvalue weighted by molar-refractivity contribution is 5.62. The molecule has 2 aromatic heterocycles. The summed E-state index contributed by atoms with van der Waals surface area (Å²) in [7, 11) is 0. The van der Waals surface area contributed by atoms with Crippen LogP contribution >= 0.6 is 0 Å². The zero-order chi connectivity index (χ0) is 15.0. The molecule has 4 nitrogen and oxygen atoms in total. The summed E-state index contributed by atoms with van der Waals surface area (Å²) in [6, 6.07) is 10.1. The van der Waals surface area contributed by atoms with Crippen LogP contribution in [0.4, 0.5) is 13.2 Å². The Balaban J connectivity index is 2.18. The number of hydrogen-bond donors (Lipinski definition) is 1. The van der Waals surface area contributed by atoms with Gasteiger partial charge in [-0.2, -0.15) is 13.2 Å². The van der Waals surface area contributed by atoms with E-state index in [1.807, 2.05) is 0 Å². The maximum atomic E-state index is 12.5. The van der Waals surface area contributed by atoms with Gasteiger partial charge in [-0.15, -0.1) is 0 Å². The number of alkyl halides is 3. The average Bonchev–Trinajstić information content (AvgIpc) is 2.81. The van der Waals surface area contributed by atoms with E-state index in [1.54, 1.807) is 30.3 Å². The van der Waals surface area contributed by atoms with Crippen LogP contribution < -0.4 is 5.56 Å². The molecular weight excluding hydrogens is 283 g/mol. The molecule has 0 unspecified atom stereocenters. The predicted octanol–water partition coefficient (Wildman–Crippen LogP) is 2.79. The second-order valence-corrected chi connectivity index (χ2v) is 4.60. The number of aromatic amines is 1. The van der Waals surface area contributed by atoms with E-state index in [0.717, 1.165) is 10.7 Å². The van der Waals surface area contributed by atoms with Crippen molar-refractivity contribution in [3.63, 3.8) is 0 Å². The smallest absolute Gasteiger partial charge is 0.297 e. The number of H-pyrrole nitrogens is 1. The molecular formula is C14H10F3N3O. The molecule has 3 rings (SSSR count). The lowest BCUT2D eigenvalue weighted by Crippen LogP contribution is -2.16. The van der Waals surface area contributed by atoms with Crippen molar-refractivity contribution < 1.29 is 13.2 Å². The SMILES string of the molecule is O=c1cc(-c2ccccc2)nc2c(CC(F)(F)F)c[nH]n12. The number of halogens is 3. The molecule has 0 radical (unpaired) electrons. The van der Waals surface area contributed by atoms with Gasteiger partial charge in [-0.1, -0.05) is 30.3 Å². The fraction of sp³-hybridized carbons (Fsp3) is 0.143. The van der Waals surface area contributed by atoms with Gasteiger partial charge in [-0.3, -0.25) is 9.89 Å². The molecule has 3 aromatic rings. The van der Waals surface area contributed by atoms with Crippen molar-refractivity contribution in [3.8, 4) is 11.3 Å². The molecule has 108 valence electrons. The highest BCUT2D eigenvalue weighted by Crippen LogP contribution is 2.24. The zero-order valence-corrected chi connectivity index (χ0v) is 10.7. The van der Waals surface area contributed by atoms with Crippen LogP contribution in [-0.4, -0.2) is 20.8 Å². The van der Waals surface area contributed by atoms with Crippen molar-refractivity contribution in [2.75, 3.05) is 0 Å². The third kappa shape index (κ3) is 2.67. The minimum atomic E-state index is -4.36. The average molecular weight is 293 g/mol. The van der Waals surface area contributed by atoms with Gasteiger partial charge < -0.3 is 0 Å². The number of rotatable bonds is 2. The van der Waals surface area contributed by atoms with Crippen LogP contribution in [0.3, 0.4) is 0 Å². The van der Waals surface area contributed by atoms with E-state index in [0.29, 0.717) is 11.3 Å². The maximum Gasteiger partial charge on any atom is 0.393 e. The number of nitrogens with zero attached hydrogens (tertiary/aromatic N) is 2. The van der Waals surface area contributed by atoms with E-state index in [-0.39, 0.29) is 11.2 Å². The lowest BCUT2D eigenvalue weighted by atomic mass is 10.1. The fourth-order valence-corrected chi connectivity index (χ4v) is 2.13. The largest absolute Gasteiger partial charge is 0.393 e. The number of fused-ring (bicyclic) bond motifs is 1. The Kier molecular flexibility index (Phi) is 3.04. The van der Waals surface area contributed by atoms with Gasteiger partial charge in [0, 0.05) is 23.4 Å². The Hall–Kier alpha value is -2.57. The molecule has 0 aliphatic carbocycles. The minimum absolute atomic E-state index is 0.00122. The molecule has 0 saturated carbocycles. The van der Waals surface area contributed by atoms with E-state index in [4.69, 9.17) is 0 Å². The summed E-state index contributed by atoms with van der Waals surface area (Å²) in [5.41, 5.74) is 0.517. The predicted molar refractivity (Wildman–Crippen MR) is 71.0 cm³/mol. The number of aromatic nitrogens is 3. The van der Waals surface area contributed by atoms with E-state index in [9.17, 15) is 18.0 Å². The zero-order valence-electron chi connectivity index (χ0n) is 10.7. The van der Waals surface area contributed by atoms with E-state index < -0.39 is 18.2 Å². The first kappa shape index (κ1) is 13.4. The first-order valence-corrected chi connectivity index (χ1v) is 6.16. The summed E-state index contributed by atoms with van der Waals surface area (Å²) in [6.45, 7) is 0. The number of nitrogens with one attached hydrogen (secondary N) is 1. The van der Waals surface area contributed by atoms with Gasteiger partial charge in [0.2, 0.25) is 0 Å². The summed E-state index contributed by atoms with van der Waals surface area (Å²) in [6.07, 6.45) is -4.33. The van der Waals surface area contributed by atoms with Crippen LogP contribution in [0.1, 0.15) is 5.56 Å². The first-order valence-electron chi connectivity index (χ1n) is 6.16. The quantitative estimate of drug-likeness (QED) is 0.790. The number of benzene rings is 1. The molecule has 21 heavy (non-hydrogen) atoms. The molecule has 0 spiro atoms. The monoisotopic (exact) mass is 293 g/mol. The molecule has 1 N–H and O–H groups in total.